The molecule has 0 saturated carbocycles. The van der Waals surface area contributed by atoms with Crippen molar-refractivity contribution in [2.75, 3.05) is 13.4 Å². The van der Waals surface area contributed by atoms with E-state index in [1.54, 1.807) is 6.20 Å². The molecule has 3 rings (SSSR count). The first-order valence-electron chi connectivity index (χ1n) is 7.42. The molecule has 0 bridgehead atoms. The average Bonchev–Trinajstić information content (AvgIpc) is 2.59. The van der Waals surface area contributed by atoms with E-state index in [0.717, 1.165) is 27.6 Å². The maximum Gasteiger partial charge on any atom is 0.357 e. The van der Waals surface area contributed by atoms with Crippen LogP contribution in [0.15, 0.2) is 35.6 Å². The van der Waals surface area contributed by atoms with Crippen molar-refractivity contribution < 1.29 is 9.53 Å². The molecule has 122 valence electrons. The highest BCUT2D eigenvalue weighted by molar-refractivity contribution is 7.98. The number of aryl methyl sites for hydroxylation is 2. The molecule has 24 heavy (non-hydrogen) atoms. The number of hydrogen-bond donors (Lipinski definition) is 0. The summed E-state index contributed by atoms with van der Waals surface area (Å²) >= 11 is 1.43. The van der Waals surface area contributed by atoms with Crippen LogP contribution in [-0.2, 0) is 4.74 Å². The van der Waals surface area contributed by atoms with Crippen LogP contribution in [0.3, 0.4) is 0 Å². The Balaban J connectivity index is 2.35. The number of fused-ring (bicyclic) bond motifs is 1. The molecule has 0 aliphatic heterocycles. The normalized spacial score (nSPS) is 10.8. The van der Waals surface area contributed by atoms with Crippen molar-refractivity contribution in [2.24, 2.45) is 0 Å². The standard InChI is InChI=1S/C18H17N3O2S/c1-10-6-5-7-11(2)14(10)13-8-12-9-19-18(24-4)21-16(12)20-15(13)17(22)23-3/h5-9H,1-4H3. The van der Waals surface area contributed by atoms with Crippen molar-refractivity contribution >= 4 is 28.8 Å². The number of ether oxygens (including phenoxy) is 1. The summed E-state index contributed by atoms with van der Waals surface area (Å²) in [5.74, 6) is -0.473. The van der Waals surface area contributed by atoms with Gasteiger partial charge in [0.25, 0.3) is 0 Å². The highest BCUT2D eigenvalue weighted by atomic mass is 32.2. The second kappa shape index (κ2) is 6.57. The third-order valence-corrected chi connectivity index (χ3v) is 4.42. The number of rotatable bonds is 3. The maximum absolute atomic E-state index is 12.3. The average molecular weight is 339 g/mol. The number of carbonyl (C=O) groups is 1. The molecule has 0 saturated heterocycles. The largest absolute Gasteiger partial charge is 0.464 e. The number of benzene rings is 1. The van der Waals surface area contributed by atoms with Gasteiger partial charge >= 0.3 is 5.97 Å². The fraction of sp³-hybridized carbons (Fsp3) is 0.222. The van der Waals surface area contributed by atoms with E-state index in [1.807, 2.05) is 44.4 Å². The minimum Gasteiger partial charge on any atom is -0.464 e. The summed E-state index contributed by atoms with van der Waals surface area (Å²) in [5, 5.41) is 1.41. The number of pyridine rings is 1. The van der Waals surface area contributed by atoms with Gasteiger partial charge in [-0.2, -0.15) is 0 Å². The summed E-state index contributed by atoms with van der Waals surface area (Å²) in [6, 6.07) is 7.93. The van der Waals surface area contributed by atoms with Gasteiger partial charge in [-0.3, -0.25) is 0 Å². The quantitative estimate of drug-likeness (QED) is 0.411. The lowest BCUT2D eigenvalue weighted by Gasteiger charge is -2.14. The maximum atomic E-state index is 12.3. The zero-order chi connectivity index (χ0) is 17.3. The molecular formula is C18H17N3O2S. The summed E-state index contributed by atoms with van der Waals surface area (Å²) in [7, 11) is 1.36. The summed E-state index contributed by atoms with van der Waals surface area (Å²) in [6.45, 7) is 4.03. The first-order chi connectivity index (χ1) is 11.5. The smallest absolute Gasteiger partial charge is 0.357 e. The van der Waals surface area contributed by atoms with Crippen LogP contribution in [0.1, 0.15) is 21.6 Å². The van der Waals surface area contributed by atoms with Crippen molar-refractivity contribution in [3.05, 3.63) is 47.3 Å². The lowest BCUT2D eigenvalue weighted by atomic mass is 9.94. The summed E-state index contributed by atoms with van der Waals surface area (Å²) in [4.78, 5) is 25.4. The van der Waals surface area contributed by atoms with Gasteiger partial charge in [-0.25, -0.2) is 19.7 Å². The van der Waals surface area contributed by atoms with Gasteiger partial charge < -0.3 is 4.74 Å². The van der Waals surface area contributed by atoms with Crippen molar-refractivity contribution in [1.82, 2.24) is 15.0 Å². The number of esters is 1. The van der Waals surface area contributed by atoms with Crippen LogP contribution in [0.25, 0.3) is 22.2 Å². The fourth-order valence-corrected chi connectivity index (χ4v) is 3.06. The number of thioether (sulfide) groups is 1. The topological polar surface area (TPSA) is 65.0 Å². The lowest BCUT2D eigenvalue weighted by Crippen LogP contribution is -2.09. The predicted octanol–water partition coefficient (Wildman–Crippen LogP) is 3.82. The Morgan fingerprint density at radius 3 is 2.50 bits per heavy atom. The van der Waals surface area contributed by atoms with Crippen LogP contribution in [-0.4, -0.2) is 34.3 Å². The van der Waals surface area contributed by atoms with E-state index in [2.05, 4.69) is 15.0 Å². The number of methoxy groups -OCH3 is 1. The molecule has 0 fully saturated rings. The second-order valence-electron chi connectivity index (χ2n) is 5.41. The van der Waals surface area contributed by atoms with Crippen molar-refractivity contribution in [3.8, 4) is 11.1 Å². The van der Waals surface area contributed by atoms with E-state index in [0.29, 0.717) is 10.8 Å². The van der Waals surface area contributed by atoms with Gasteiger partial charge in [-0.05, 0) is 42.9 Å². The number of carbonyl (C=O) groups excluding carboxylic acids is 1. The molecule has 0 aliphatic carbocycles. The summed E-state index contributed by atoms with van der Waals surface area (Å²) < 4.78 is 4.93. The highest BCUT2D eigenvalue weighted by Crippen LogP contribution is 2.32. The molecular weight excluding hydrogens is 322 g/mol. The Bertz CT molecular complexity index is 921. The zero-order valence-corrected chi connectivity index (χ0v) is 14.8. The van der Waals surface area contributed by atoms with Crippen LogP contribution in [0, 0.1) is 13.8 Å². The van der Waals surface area contributed by atoms with E-state index in [1.165, 1.54) is 18.9 Å². The fourth-order valence-electron chi connectivity index (χ4n) is 2.73. The third kappa shape index (κ3) is 2.85. The highest BCUT2D eigenvalue weighted by Gasteiger charge is 2.20. The Labute approximate surface area is 144 Å². The molecule has 2 heterocycles. The third-order valence-electron chi connectivity index (χ3n) is 3.86. The molecule has 0 amide bonds. The van der Waals surface area contributed by atoms with Gasteiger partial charge in [0.1, 0.15) is 0 Å². The first kappa shape index (κ1) is 16.4. The van der Waals surface area contributed by atoms with Crippen LogP contribution >= 0.6 is 11.8 Å². The number of aromatic nitrogens is 3. The molecule has 2 aromatic heterocycles. The first-order valence-corrected chi connectivity index (χ1v) is 8.64. The lowest BCUT2D eigenvalue weighted by molar-refractivity contribution is 0.0595. The molecule has 0 radical (unpaired) electrons. The Kier molecular flexibility index (Phi) is 4.49. The van der Waals surface area contributed by atoms with E-state index >= 15 is 0 Å². The molecule has 0 atom stereocenters. The molecule has 1 aromatic carbocycles. The van der Waals surface area contributed by atoms with E-state index in [9.17, 15) is 4.79 Å². The van der Waals surface area contributed by atoms with Gasteiger partial charge in [0.15, 0.2) is 16.5 Å². The molecule has 3 aromatic rings. The van der Waals surface area contributed by atoms with E-state index in [4.69, 9.17) is 4.74 Å². The Morgan fingerprint density at radius 1 is 1.17 bits per heavy atom. The molecule has 0 spiro atoms. The van der Waals surface area contributed by atoms with Gasteiger partial charge in [0.2, 0.25) is 0 Å². The van der Waals surface area contributed by atoms with Crippen LogP contribution < -0.4 is 0 Å². The molecule has 0 aliphatic rings. The predicted molar refractivity (Wildman–Crippen MR) is 95.4 cm³/mol. The zero-order valence-electron chi connectivity index (χ0n) is 14.0. The van der Waals surface area contributed by atoms with Crippen molar-refractivity contribution in [1.29, 1.82) is 0 Å². The monoisotopic (exact) mass is 339 g/mol. The second-order valence-corrected chi connectivity index (χ2v) is 6.19. The van der Waals surface area contributed by atoms with Crippen LogP contribution in [0.2, 0.25) is 0 Å². The Morgan fingerprint density at radius 2 is 1.88 bits per heavy atom. The Hall–Kier alpha value is -2.47. The molecule has 5 nitrogen and oxygen atoms in total. The molecule has 6 heteroatoms. The van der Waals surface area contributed by atoms with Gasteiger partial charge in [0, 0.05) is 17.1 Å². The minimum absolute atomic E-state index is 0.271. The summed E-state index contributed by atoms with van der Waals surface area (Å²) in [5.41, 5.74) is 4.63. The minimum atomic E-state index is -0.473. The van der Waals surface area contributed by atoms with Crippen molar-refractivity contribution in [3.63, 3.8) is 0 Å². The van der Waals surface area contributed by atoms with Gasteiger partial charge in [0.05, 0.1) is 7.11 Å². The van der Waals surface area contributed by atoms with Crippen molar-refractivity contribution in [2.45, 2.75) is 19.0 Å². The van der Waals surface area contributed by atoms with E-state index < -0.39 is 5.97 Å². The van der Waals surface area contributed by atoms with Crippen LogP contribution in [0.4, 0.5) is 0 Å². The number of hydrogen-bond acceptors (Lipinski definition) is 6. The molecule has 0 unspecified atom stereocenters. The summed E-state index contributed by atoms with van der Waals surface area (Å²) in [6.07, 6.45) is 3.63. The number of nitrogens with zero attached hydrogens (tertiary/aromatic N) is 3. The van der Waals surface area contributed by atoms with Gasteiger partial charge in [-0.1, -0.05) is 30.0 Å². The van der Waals surface area contributed by atoms with Crippen LogP contribution in [0.5, 0.6) is 0 Å². The van der Waals surface area contributed by atoms with E-state index in [-0.39, 0.29) is 5.69 Å². The SMILES string of the molecule is COC(=O)c1nc2nc(SC)ncc2cc1-c1c(C)cccc1C. The molecule has 0 N–H and O–H groups in total. The van der Waals surface area contributed by atoms with Gasteiger partial charge in [-0.15, -0.1) is 0 Å².